The van der Waals surface area contributed by atoms with Crippen LogP contribution in [0.5, 0.6) is 0 Å². The Bertz CT molecular complexity index is 1290. The number of allylic oxidation sites excluding steroid dienone is 12. The summed E-state index contributed by atoms with van der Waals surface area (Å²) >= 11 is 0. The first-order chi connectivity index (χ1) is 34.0. The Labute approximate surface area is 427 Å². The topological polar surface area (TPSA) is 78.9 Å². The van der Waals surface area contributed by atoms with E-state index in [0.717, 1.165) is 103 Å². The summed E-state index contributed by atoms with van der Waals surface area (Å²) in [5.74, 6) is -0.890. The second-order valence-corrected chi connectivity index (χ2v) is 19.5. The molecular formula is C63H110O6. The van der Waals surface area contributed by atoms with Crippen LogP contribution < -0.4 is 0 Å². The summed E-state index contributed by atoms with van der Waals surface area (Å²) in [5.41, 5.74) is 0. The van der Waals surface area contributed by atoms with Crippen molar-refractivity contribution in [2.24, 2.45) is 0 Å². The minimum Gasteiger partial charge on any atom is -0.462 e. The Morgan fingerprint density at radius 1 is 0.304 bits per heavy atom. The first-order valence-corrected chi connectivity index (χ1v) is 29.4. The van der Waals surface area contributed by atoms with E-state index in [2.05, 4.69) is 93.7 Å². The average molecular weight is 964 g/mol. The van der Waals surface area contributed by atoms with Gasteiger partial charge in [0, 0.05) is 19.3 Å². The maximum Gasteiger partial charge on any atom is 0.306 e. The zero-order valence-corrected chi connectivity index (χ0v) is 45.6. The molecule has 0 saturated carbocycles. The number of ether oxygens (including phenoxy) is 3. The number of carbonyl (C=O) groups is 3. The molecular weight excluding hydrogens is 853 g/mol. The molecule has 0 aliphatic heterocycles. The molecule has 1 atom stereocenters. The Morgan fingerprint density at radius 3 is 0.884 bits per heavy atom. The largest absolute Gasteiger partial charge is 0.462 e. The van der Waals surface area contributed by atoms with Crippen molar-refractivity contribution in [2.45, 2.75) is 297 Å². The highest BCUT2D eigenvalue weighted by molar-refractivity contribution is 5.71. The van der Waals surface area contributed by atoms with E-state index in [9.17, 15) is 14.4 Å². The number of esters is 3. The lowest BCUT2D eigenvalue weighted by molar-refractivity contribution is -0.167. The van der Waals surface area contributed by atoms with Gasteiger partial charge >= 0.3 is 17.9 Å². The second-order valence-electron chi connectivity index (χ2n) is 19.5. The molecule has 0 aromatic carbocycles. The molecule has 6 heteroatoms. The van der Waals surface area contributed by atoms with E-state index in [1.54, 1.807) is 0 Å². The average Bonchev–Trinajstić information content (AvgIpc) is 3.35. The second kappa shape index (κ2) is 57.4. The smallest absolute Gasteiger partial charge is 0.306 e. The number of hydrogen-bond acceptors (Lipinski definition) is 6. The number of carbonyl (C=O) groups excluding carboxylic acids is 3. The monoisotopic (exact) mass is 963 g/mol. The molecule has 0 heterocycles. The van der Waals surface area contributed by atoms with E-state index in [1.807, 2.05) is 0 Å². The molecule has 0 rings (SSSR count). The summed E-state index contributed by atoms with van der Waals surface area (Å²) in [6, 6.07) is 0. The van der Waals surface area contributed by atoms with Crippen LogP contribution in [0.1, 0.15) is 290 Å². The third-order valence-corrected chi connectivity index (χ3v) is 12.7. The van der Waals surface area contributed by atoms with Gasteiger partial charge in [0.15, 0.2) is 6.10 Å². The van der Waals surface area contributed by atoms with Gasteiger partial charge in [0.05, 0.1) is 0 Å². The van der Waals surface area contributed by atoms with Gasteiger partial charge in [0.2, 0.25) is 0 Å². The van der Waals surface area contributed by atoms with Gasteiger partial charge in [-0.3, -0.25) is 14.4 Å². The molecule has 0 saturated heterocycles. The molecule has 1 unspecified atom stereocenters. The first kappa shape index (κ1) is 65.8. The summed E-state index contributed by atoms with van der Waals surface area (Å²) < 4.78 is 16.9. The molecule has 0 radical (unpaired) electrons. The molecule has 6 nitrogen and oxygen atoms in total. The van der Waals surface area contributed by atoms with Crippen LogP contribution in [0.25, 0.3) is 0 Å². The van der Waals surface area contributed by atoms with Gasteiger partial charge in [-0.15, -0.1) is 0 Å². The summed E-state index contributed by atoms with van der Waals surface area (Å²) in [4.78, 5) is 38.1. The Balaban J connectivity index is 4.34. The minimum atomic E-state index is -0.783. The van der Waals surface area contributed by atoms with E-state index < -0.39 is 6.10 Å². The maximum absolute atomic E-state index is 12.9. The highest BCUT2D eigenvalue weighted by atomic mass is 16.6. The molecule has 0 aliphatic rings. The fourth-order valence-electron chi connectivity index (χ4n) is 8.29. The van der Waals surface area contributed by atoms with Crippen LogP contribution in [-0.2, 0) is 28.6 Å². The van der Waals surface area contributed by atoms with E-state index in [4.69, 9.17) is 14.2 Å². The van der Waals surface area contributed by atoms with Gasteiger partial charge in [-0.05, 0) is 89.9 Å². The molecule has 69 heavy (non-hydrogen) atoms. The third-order valence-electron chi connectivity index (χ3n) is 12.7. The third kappa shape index (κ3) is 55.6. The highest BCUT2D eigenvalue weighted by Gasteiger charge is 2.19. The van der Waals surface area contributed by atoms with Crippen molar-refractivity contribution in [1.29, 1.82) is 0 Å². The minimum absolute atomic E-state index is 0.0805. The molecule has 0 aliphatic carbocycles. The fraction of sp³-hybridized carbons (Fsp3) is 0.762. The SMILES string of the molecule is CC/C=C\C/C=C\C/C=C\C/C=C\CCCCCCCCC(=O)OC(COC(=O)CCCCCCCCCCC/C=C\C/C=C\CCCCCCC)COC(=O)CCCCCCCCCCCCC. The Hall–Kier alpha value is -3.15. The van der Waals surface area contributed by atoms with Crippen LogP contribution in [-0.4, -0.2) is 37.2 Å². The Kier molecular flexibility index (Phi) is 54.8. The summed E-state index contributed by atoms with van der Waals surface area (Å²) in [6.07, 6.45) is 73.2. The van der Waals surface area contributed by atoms with Crippen molar-refractivity contribution in [1.82, 2.24) is 0 Å². The van der Waals surface area contributed by atoms with Crippen LogP contribution in [0.15, 0.2) is 72.9 Å². The van der Waals surface area contributed by atoms with Crippen LogP contribution in [0.3, 0.4) is 0 Å². The van der Waals surface area contributed by atoms with Gasteiger partial charge < -0.3 is 14.2 Å². The van der Waals surface area contributed by atoms with E-state index in [-0.39, 0.29) is 31.1 Å². The van der Waals surface area contributed by atoms with Gasteiger partial charge in [0.1, 0.15) is 13.2 Å². The van der Waals surface area contributed by atoms with Crippen molar-refractivity contribution in [2.75, 3.05) is 13.2 Å². The normalized spacial score (nSPS) is 12.6. The first-order valence-electron chi connectivity index (χ1n) is 29.4. The molecule has 0 aromatic heterocycles. The lowest BCUT2D eigenvalue weighted by Crippen LogP contribution is -2.30. The number of unbranched alkanes of at least 4 members (excludes halogenated alkanes) is 30. The molecule has 0 amide bonds. The summed E-state index contributed by atoms with van der Waals surface area (Å²) in [7, 11) is 0. The lowest BCUT2D eigenvalue weighted by Gasteiger charge is -2.18. The molecule has 0 spiro atoms. The molecule has 398 valence electrons. The highest BCUT2D eigenvalue weighted by Crippen LogP contribution is 2.16. The van der Waals surface area contributed by atoms with E-state index >= 15 is 0 Å². The van der Waals surface area contributed by atoms with Gasteiger partial charge in [-0.25, -0.2) is 0 Å². The van der Waals surface area contributed by atoms with Crippen molar-refractivity contribution >= 4 is 17.9 Å². The van der Waals surface area contributed by atoms with Gasteiger partial charge in [0.25, 0.3) is 0 Å². The predicted molar refractivity (Wildman–Crippen MR) is 298 cm³/mol. The summed E-state index contributed by atoms with van der Waals surface area (Å²) in [6.45, 7) is 6.52. The summed E-state index contributed by atoms with van der Waals surface area (Å²) in [5, 5.41) is 0. The number of hydrogen-bond donors (Lipinski definition) is 0. The van der Waals surface area contributed by atoms with Crippen molar-refractivity contribution in [3.63, 3.8) is 0 Å². The van der Waals surface area contributed by atoms with E-state index in [1.165, 1.54) is 148 Å². The van der Waals surface area contributed by atoms with Crippen LogP contribution in [0.4, 0.5) is 0 Å². The predicted octanol–water partition coefficient (Wildman–Crippen LogP) is 19.8. The zero-order valence-electron chi connectivity index (χ0n) is 45.6. The van der Waals surface area contributed by atoms with E-state index in [0.29, 0.717) is 19.3 Å². The van der Waals surface area contributed by atoms with Gasteiger partial charge in [-0.2, -0.15) is 0 Å². The van der Waals surface area contributed by atoms with Crippen molar-refractivity contribution in [3.8, 4) is 0 Å². The zero-order chi connectivity index (χ0) is 50.0. The molecule has 0 aromatic rings. The van der Waals surface area contributed by atoms with Gasteiger partial charge in [-0.1, -0.05) is 254 Å². The maximum atomic E-state index is 12.9. The Morgan fingerprint density at radius 2 is 0.565 bits per heavy atom. The van der Waals surface area contributed by atoms with Crippen molar-refractivity contribution < 1.29 is 28.6 Å². The quantitative estimate of drug-likeness (QED) is 0.0262. The standard InChI is InChI=1S/C63H110O6/c1-4-7-10-13-16-19-22-24-26-28-30-31-33-34-36-38-41-44-47-50-53-56-62(65)68-59-60(58-67-61(64)55-52-49-46-43-40-21-18-15-12-9-6-3)69-63(66)57-54-51-48-45-42-39-37-35-32-29-27-25-23-20-17-14-11-8-5-2/h8,11,17,20,22,24-25,27-28,30,32,35,60H,4-7,9-10,12-16,18-19,21,23,26,29,31,33-34,36-59H2,1-3H3/b11-8-,20-17-,24-22-,27-25-,30-28-,35-32-. The van der Waals surface area contributed by atoms with Crippen LogP contribution in [0.2, 0.25) is 0 Å². The molecule has 0 bridgehead atoms. The van der Waals surface area contributed by atoms with Crippen LogP contribution >= 0.6 is 0 Å². The lowest BCUT2D eigenvalue weighted by atomic mass is 10.1. The molecule has 0 fully saturated rings. The van der Waals surface area contributed by atoms with Crippen molar-refractivity contribution in [3.05, 3.63) is 72.9 Å². The number of rotatable bonds is 53. The molecule has 0 N–H and O–H groups in total. The fourth-order valence-corrected chi connectivity index (χ4v) is 8.29. The van der Waals surface area contributed by atoms with Crippen LogP contribution in [0, 0.1) is 0 Å².